The van der Waals surface area contributed by atoms with Gasteiger partial charge in [0.1, 0.15) is 0 Å². The molecular weight excluding hydrogens is 302 g/mol. The fourth-order valence-electron chi connectivity index (χ4n) is 3.80. The van der Waals surface area contributed by atoms with Crippen molar-refractivity contribution in [3.05, 3.63) is 35.9 Å². The van der Waals surface area contributed by atoms with Crippen LogP contribution in [0.25, 0.3) is 0 Å². The number of ether oxygens (including phenoxy) is 1. The molecule has 2 N–H and O–H groups in total. The molecule has 132 valence electrons. The Morgan fingerprint density at radius 3 is 2.42 bits per heavy atom. The molecule has 0 aromatic heterocycles. The molecule has 0 bridgehead atoms. The van der Waals surface area contributed by atoms with E-state index in [9.17, 15) is 4.79 Å². The molecular formula is C19H29N3O2. The van der Waals surface area contributed by atoms with E-state index in [0.717, 1.165) is 32.1 Å². The maximum Gasteiger partial charge on any atom is 0.315 e. The molecule has 2 amide bonds. The fraction of sp³-hybridized carbons (Fsp3) is 0.632. The first kappa shape index (κ1) is 17.2. The van der Waals surface area contributed by atoms with Gasteiger partial charge in [0, 0.05) is 24.7 Å². The summed E-state index contributed by atoms with van der Waals surface area (Å²) in [6, 6.07) is 11.3. The molecule has 1 saturated carbocycles. The van der Waals surface area contributed by atoms with Crippen LogP contribution in [0.3, 0.4) is 0 Å². The van der Waals surface area contributed by atoms with Gasteiger partial charge in [-0.3, -0.25) is 0 Å². The molecule has 0 radical (unpaired) electrons. The first-order valence-electron chi connectivity index (χ1n) is 9.02. The molecule has 2 fully saturated rings. The average Bonchev–Trinajstić information content (AvgIpc) is 3.04. The molecule has 24 heavy (non-hydrogen) atoms. The minimum absolute atomic E-state index is 0.0295. The predicted octanol–water partition coefficient (Wildman–Crippen LogP) is 2.69. The Hall–Kier alpha value is -1.59. The number of benzene rings is 1. The Morgan fingerprint density at radius 1 is 1.04 bits per heavy atom. The Morgan fingerprint density at radius 2 is 1.75 bits per heavy atom. The van der Waals surface area contributed by atoms with Gasteiger partial charge in [-0.05, 0) is 51.8 Å². The molecule has 3 rings (SSSR count). The maximum atomic E-state index is 12.3. The molecule has 1 aliphatic carbocycles. The predicted molar refractivity (Wildman–Crippen MR) is 94.9 cm³/mol. The van der Waals surface area contributed by atoms with Crippen LogP contribution < -0.4 is 10.6 Å². The first-order valence-corrected chi connectivity index (χ1v) is 9.02. The Balaban J connectivity index is 1.46. The summed E-state index contributed by atoms with van der Waals surface area (Å²) in [4.78, 5) is 14.6. The lowest BCUT2D eigenvalue weighted by Crippen LogP contribution is -2.47. The molecule has 1 aromatic carbocycles. The molecule has 1 aliphatic heterocycles. The highest BCUT2D eigenvalue weighted by Crippen LogP contribution is 2.28. The summed E-state index contributed by atoms with van der Waals surface area (Å²) in [6.45, 7) is 0.691. The zero-order valence-electron chi connectivity index (χ0n) is 14.7. The van der Waals surface area contributed by atoms with Gasteiger partial charge in [0.15, 0.2) is 0 Å². The summed E-state index contributed by atoms with van der Waals surface area (Å²) in [6.07, 6.45) is 5.06. The number of hydrogen-bond donors (Lipinski definition) is 2. The summed E-state index contributed by atoms with van der Waals surface area (Å²) in [5, 5.41) is 6.29. The lowest BCUT2D eigenvalue weighted by molar-refractivity contribution is 0.00221. The van der Waals surface area contributed by atoms with Crippen LogP contribution in [0.1, 0.15) is 43.8 Å². The molecule has 5 nitrogen and oxygen atoms in total. The lowest BCUT2D eigenvalue weighted by atomic mass is 9.97. The summed E-state index contributed by atoms with van der Waals surface area (Å²) < 4.78 is 5.87. The van der Waals surface area contributed by atoms with Gasteiger partial charge in [0.25, 0.3) is 0 Å². The van der Waals surface area contributed by atoms with Crippen molar-refractivity contribution in [1.29, 1.82) is 0 Å². The van der Waals surface area contributed by atoms with Crippen molar-refractivity contribution >= 4 is 6.03 Å². The van der Waals surface area contributed by atoms with Crippen LogP contribution in [0.4, 0.5) is 4.79 Å². The van der Waals surface area contributed by atoms with Crippen LogP contribution in [0.5, 0.6) is 0 Å². The standard InChI is InChI=1S/C19H29N3O2/c1-22(2)17-9-8-15(12-17)20-19(23)21-16-10-11-24-18(13-16)14-6-4-3-5-7-14/h3-7,15-18H,8-13H2,1-2H3,(H2,20,21,23)/t15-,16-,17+,18+/m0/s1. The van der Waals surface area contributed by atoms with Crippen molar-refractivity contribution in [2.24, 2.45) is 0 Å². The normalized spacial score (nSPS) is 30.3. The lowest BCUT2D eigenvalue weighted by Gasteiger charge is -2.30. The minimum Gasteiger partial charge on any atom is -0.373 e. The van der Waals surface area contributed by atoms with E-state index in [1.54, 1.807) is 0 Å². The molecule has 4 atom stereocenters. The number of rotatable bonds is 4. The van der Waals surface area contributed by atoms with Crippen molar-refractivity contribution in [2.45, 2.75) is 56.3 Å². The second kappa shape index (κ2) is 7.99. The smallest absolute Gasteiger partial charge is 0.315 e. The largest absolute Gasteiger partial charge is 0.373 e. The van der Waals surface area contributed by atoms with Gasteiger partial charge in [0.05, 0.1) is 6.10 Å². The van der Waals surface area contributed by atoms with E-state index in [-0.39, 0.29) is 18.2 Å². The molecule has 2 aliphatic rings. The molecule has 1 saturated heterocycles. The summed E-state index contributed by atoms with van der Waals surface area (Å²) in [5.74, 6) is 0. The highest BCUT2D eigenvalue weighted by Gasteiger charge is 2.29. The van der Waals surface area contributed by atoms with Crippen LogP contribution in [-0.4, -0.2) is 49.8 Å². The molecule has 1 aromatic rings. The topological polar surface area (TPSA) is 53.6 Å². The third-order valence-electron chi connectivity index (χ3n) is 5.26. The summed E-state index contributed by atoms with van der Waals surface area (Å²) in [5.41, 5.74) is 1.19. The quantitative estimate of drug-likeness (QED) is 0.892. The van der Waals surface area contributed by atoms with Gasteiger partial charge in [0.2, 0.25) is 0 Å². The van der Waals surface area contributed by atoms with Crippen molar-refractivity contribution in [1.82, 2.24) is 15.5 Å². The zero-order chi connectivity index (χ0) is 16.9. The average molecular weight is 331 g/mol. The van der Waals surface area contributed by atoms with Crippen molar-refractivity contribution in [3.8, 4) is 0 Å². The highest BCUT2D eigenvalue weighted by molar-refractivity contribution is 5.74. The number of urea groups is 1. The maximum absolute atomic E-state index is 12.3. The monoisotopic (exact) mass is 331 g/mol. The second-order valence-electron chi connectivity index (χ2n) is 7.24. The van der Waals surface area contributed by atoms with E-state index in [2.05, 4.69) is 41.8 Å². The van der Waals surface area contributed by atoms with Gasteiger partial charge in [-0.1, -0.05) is 30.3 Å². The number of nitrogens with zero attached hydrogens (tertiary/aromatic N) is 1. The number of hydrogen-bond acceptors (Lipinski definition) is 3. The van der Waals surface area contributed by atoms with E-state index < -0.39 is 0 Å². The molecule has 5 heteroatoms. The Kier molecular flexibility index (Phi) is 5.74. The summed E-state index contributed by atoms with van der Waals surface area (Å²) in [7, 11) is 4.22. The molecule has 1 heterocycles. The van der Waals surface area contributed by atoms with Gasteiger partial charge >= 0.3 is 6.03 Å². The van der Waals surface area contributed by atoms with Gasteiger partial charge < -0.3 is 20.3 Å². The second-order valence-corrected chi connectivity index (χ2v) is 7.24. The Labute approximate surface area is 144 Å². The summed E-state index contributed by atoms with van der Waals surface area (Å²) >= 11 is 0. The number of nitrogens with one attached hydrogen (secondary N) is 2. The van der Waals surface area contributed by atoms with E-state index in [1.807, 2.05) is 18.2 Å². The minimum atomic E-state index is -0.0295. The van der Waals surface area contributed by atoms with Crippen LogP contribution in [0.2, 0.25) is 0 Å². The van der Waals surface area contributed by atoms with E-state index in [4.69, 9.17) is 4.74 Å². The van der Waals surface area contributed by atoms with Crippen LogP contribution >= 0.6 is 0 Å². The SMILES string of the molecule is CN(C)[C@@H]1CC[C@H](NC(=O)N[C@H]2CCO[C@@H](c3ccccc3)C2)C1. The van der Waals surface area contributed by atoms with Gasteiger partial charge in [-0.15, -0.1) is 0 Å². The van der Waals surface area contributed by atoms with Crippen molar-refractivity contribution in [2.75, 3.05) is 20.7 Å². The molecule has 0 spiro atoms. The number of amides is 2. The van der Waals surface area contributed by atoms with Crippen LogP contribution in [-0.2, 0) is 4.74 Å². The molecule has 0 unspecified atom stereocenters. The third kappa shape index (κ3) is 4.48. The number of carbonyl (C=O) groups is 1. The van der Waals surface area contributed by atoms with Crippen molar-refractivity contribution < 1.29 is 9.53 Å². The highest BCUT2D eigenvalue weighted by atomic mass is 16.5. The van der Waals surface area contributed by atoms with Gasteiger partial charge in [-0.2, -0.15) is 0 Å². The third-order valence-corrected chi connectivity index (χ3v) is 5.26. The van der Waals surface area contributed by atoms with Crippen LogP contribution in [0.15, 0.2) is 30.3 Å². The van der Waals surface area contributed by atoms with Crippen LogP contribution in [0, 0.1) is 0 Å². The zero-order valence-corrected chi connectivity index (χ0v) is 14.7. The van der Waals surface area contributed by atoms with Gasteiger partial charge in [-0.25, -0.2) is 4.79 Å². The van der Waals surface area contributed by atoms with E-state index >= 15 is 0 Å². The first-order chi connectivity index (χ1) is 11.6. The Bertz CT molecular complexity index is 535. The van der Waals surface area contributed by atoms with E-state index in [1.165, 1.54) is 5.56 Å². The number of carbonyl (C=O) groups excluding carboxylic acids is 1. The fourth-order valence-corrected chi connectivity index (χ4v) is 3.80. The van der Waals surface area contributed by atoms with E-state index in [0.29, 0.717) is 18.7 Å². The van der Waals surface area contributed by atoms with Crippen molar-refractivity contribution in [3.63, 3.8) is 0 Å².